The first kappa shape index (κ1) is 14.0. The summed E-state index contributed by atoms with van der Waals surface area (Å²) in [6.07, 6.45) is 0. The molecule has 2 aromatic rings. The fraction of sp³-hybridized carbons (Fsp3) is 0.0714. The fourth-order valence-corrected chi connectivity index (χ4v) is 1.82. The zero-order valence-corrected chi connectivity index (χ0v) is 11.1. The molecule has 0 saturated heterocycles. The standard InChI is InChI=1S/C14H8Cl2F2O/c15-11-5-1-9(2-6-11)13(19)14(17,18)10-3-7-12(16)8-4-10/h1-8H. The van der Waals surface area contributed by atoms with Gasteiger partial charge in [-0.25, -0.2) is 0 Å². The van der Waals surface area contributed by atoms with Gasteiger partial charge in [0.15, 0.2) is 0 Å². The van der Waals surface area contributed by atoms with Crippen LogP contribution in [0.4, 0.5) is 8.78 Å². The molecule has 0 bridgehead atoms. The van der Waals surface area contributed by atoms with Crippen molar-refractivity contribution in [1.29, 1.82) is 0 Å². The number of benzene rings is 2. The van der Waals surface area contributed by atoms with Gasteiger partial charge in [0.2, 0.25) is 5.78 Å². The van der Waals surface area contributed by atoms with E-state index < -0.39 is 17.3 Å². The molecule has 0 unspecified atom stereocenters. The van der Waals surface area contributed by atoms with E-state index in [-0.39, 0.29) is 5.56 Å². The second-order valence-electron chi connectivity index (χ2n) is 3.92. The molecule has 0 saturated carbocycles. The van der Waals surface area contributed by atoms with E-state index in [4.69, 9.17) is 23.2 Å². The molecule has 0 aliphatic carbocycles. The summed E-state index contributed by atoms with van der Waals surface area (Å²) in [7, 11) is 0. The highest BCUT2D eigenvalue weighted by Gasteiger charge is 2.41. The molecule has 0 fully saturated rings. The smallest absolute Gasteiger partial charge is 0.287 e. The molecule has 0 N–H and O–H groups in total. The first-order valence-corrected chi connectivity index (χ1v) is 6.11. The topological polar surface area (TPSA) is 17.1 Å². The molecule has 19 heavy (non-hydrogen) atoms. The molecule has 2 rings (SSSR count). The Labute approximate surface area is 118 Å². The van der Waals surface area contributed by atoms with Gasteiger partial charge in [0.05, 0.1) is 0 Å². The minimum Gasteiger partial charge on any atom is -0.287 e. The van der Waals surface area contributed by atoms with Gasteiger partial charge in [-0.3, -0.25) is 4.79 Å². The molecule has 0 aliphatic rings. The van der Waals surface area contributed by atoms with Gasteiger partial charge in [-0.2, -0.15) is 8.78 Å². The van der Waals surface area contributed by atoms with Crippen molar-refractivity contribution in [3.8, 4) is 0 Å². The second kappa shape index (κ2) is 5.27. The van der Waals surface area contributed by atoms with Gasteiger partial charge in [-0.05, 0) is 36.4 Å². The number of carbonyl (C=O) groups is 1. The normalized spacial score (nSPS) is 11.4. The van der Waals surface area contributed by atoms with Gasteiger partial charge in [-0.15, -0.1) is 0 Å². The van der Waals surface area contributed by atoms with Crippen molar-refractivity contribution in [2.75, 3.05) is 0 Å². The van der Waals surface area contributed by atoms with Gasteiger partial charge < -0.3 is 0 Å². The van der Waals surface area contributed by atoms with Gasteiger partial charge >= 0.3 is 5.92 Å². The van der Waals surface area contributed by atoms with Crippen molar-refractivity contribution >= 4 is 29.0 Å². The number of carbonyl (C=O) groups excluding carboxylic acids is 1. The van der Waals surface area contributed by atoms with Crippen molar-refractivity contribution in [1.82, 2.24) is 0 Å². The lowest BCUT2D eigenvalue weighted by molar-refractivity contribution is 0.00743. The maximum atomic E-state index is 14.0. The van der Waals surface area contributed by atoms with Gasteiger partial charge in [0.25, 0.3) is 0 Å². The molecule has 0 aliphatic heterocycles. The van der Waals surface area contributed by atoms with Crippen LogP contribution in [0.2, 0.25) is 10.0 Å². The van der Waals surface area contributed by atoms with Gasteiger partial charge in [-0.1, -0.05) is 35.3 Å². The summed E-state index contributed by atoms with van der Waals surface area (Å²) < 4.78 is 28.1. The number of halogens is 4. The van der Waals surface area contributed by atoms with Crippen LogP contribution in [0.5, 0.6) is 0 Å². The Bertz CT molecular complexity index is 592. The van der Waals surface area contributed by atoms with E-state index >= 15 is 0 Å². The predicted octanol–water partition coefficient (Wildman–Crippen LogP) is 4.97. The second-order valence-corrected chi connectivity index (χ2v) is 4.79. The quantitative estimate of drug-likeness (QED) is 0.732. The van der Waals surface area contributed by atoms with E-state index in [1.54, 1.807) is 0 Å². The highest BCUT2D eigenvalue weighted by Crippen LogP contribution is 2.32. The van der Waals surface area contributed by atoms with Crippen molar-refractivity contribution in [3.63, 3.8) is 0 Å². The molecular weight excluding hydrogens is 293 g/mol. The van der Waals surface area contributed by atoms with Gasteiger partial charge in [0.1, 0.15) is 0 Å². The maximum Gasteiger partial charge on any atom is 0.334 e. The van der Waals surface area contributed by atoms with E-state index in [1.165, 1.54) is 36.4 Å². The number of rotatable bonds is 3. The van der Waals surface area contributed by atoms with Crippen LogP contribution in [0.25, 0.3) is 0 Å². The lowest BCUT2D eigenvalue weighted by atomic mass is 9.99. The first-order chi connectivity index (χ1) is 8.91. The summed E-state index contributed by atoms with van der Waals surface area (Å²) in [5.41, 5.74) is -0.485. The largest absolute Gasteiger partial charge is 0.334 e. The van der Waals surface area contributed by atoms with Crippen molar-refractivity contribution in [2.45, 2.75) is 5.92 Å². The highest BCUT2D eigenvalue weighted by atomic mass is 35.5. The molecule has 0 radical (unpaired) electrons. The van der Waals surface area contributed by atoms with E-state index in [0.29, 0.717) is 10.0 Å². The van der Waals surface area contributed by atoms with E-state index in [9.17, 15) is 13.6 Å². The van der Waals surface area contributed by atoms with E-state index in [1.807, 2.05) is 0 Å². The van der Waals surface area contributed by atoms with Crippen LogP contribution in [0.1, 0.15) is 15.9 Å². The lowest BCUT2D eigenvalue weighted by Crippen LogP contribution is -2.26. The molecule has 0 aromatic heterocycles. The zero-order chi connectivity index (χ0) is 14.0. The molecule has 5 heteroatoms. The lowest BCUT2D eigenvalue weighted by Gasteiger charge is -2.15. The molecule has 0 amide bonds. The van der Waals surface area contributed by atoms with Crippen LogP contribution in [0.15, 0.2) is 48.5 Å². The molecule has 0 heterocycles. The van der Waals surface area contributed by atoms with Crippen LogP contribution in [0, 0.1) is 0 Å². The van der Waals surface area contributed by atoms with Crippen LogP contribution in [0.3, 0.4) is 0 Å². The van der Waals surface area contributed by atoms with Crippen LogP contribution < -0.4 is 0 Å². The highest BCUT2D eigenvalue weighted by molar-refractivity contribution is 6.31. The summed E-state index contributed by atoms with van der Waals surface area (Å²) >= 11 is 11.3. The molecular formula is C14H8Cl2F2O. The van der Waals surface area contributed by atoms with Crippen molar-refractivity contribution < 1.29 is 13.6 Å². The van der Waals surface area contributed by atoms with E-state index in [2.05, 4.69) is 0 Å². The minimum atomic E-state index is -3.60. The van der Waals surface area contributed by atoms with Crippen LogP contribution in [-0.2, 0) is 5.92 Å². The third-order valence-corrected chi connectivity index (χ3v) is 3.10. The Morgan fingerprint density at radius 2 is 1.26 bits per heavy atom. The Balaban J connectivity index is 2.35. The minimum absolute atomic E-state index is 0.0932. The molecule has 0 atom stereocenters. The van der Waals surface area contributed by atoms with Crippen LogP contribution in [-0.4, -0.2) is 5.78 Å². The zero-order valence-electron chi connectivity index (χ0n) is 9.54. The third kappa shape index (κ3) is 2.94. The number of hydrogen-bond donors (Lipinski definition) is 0. The number of Topliss-reactive ketones (excluding diaryl/α,β-unsaturated/α-hetero) is 1. The Kier molecular flexibility index (Phi) is 3.88. The van der Waals surface area contributed by atoms with Crippen molar-refractivity contribution in [3.05, 3.63) is 69.7 Å². The Morgan fingerprint density at radius 1 is 0.842 bits per heavy atom. The fourth-order valence-electron chi connectivity index (χ4n) is 1.57. The molecule has 1 nitrogen and oxygen atoms in total. The van der Waals surface area contributed by atoms with E-state index in [0.717, 1.165) is 12.1 Å². The van der Waals surface area contributed by atoms with Gasteiger partial charge in [0, 0.05) is 21.2 Å². The Morgan fingerprint density at radius 3 is 1.74 bits per heavy atom. The Hall–Kier alpha value is -1.45. The predicted molar refractivity (Wildman–Crippen MR) is 71.1 cm³/mol. The average molecular weight is 301 g/mol. The summed E-state index contributed by atoms with van der Waals surface area (Å²) in [6.45, 7) is 0. The summed E-state index contributed by atoms with van der Waals surface area (Å²) in [6, 6.07) is 10.2. The van der Waals surface area contributed by atoms with Crippen LogP contribution >= 0.6 is 23.2 Å². The maximum absolute atomic E-state index is 14.0. The first-order valence-electron chi connectivity index (χ1n) is 5.35. The monoisotopic (exact) mass is 300 g/mol. The number of hydrogen-bond acceptors (Lipinski definition) is 1. The van der Waals surface area contributed by atoms with Crippen molar-refractivity contribution in [2.24, 2.45) is 0 Å². The summed E-state index contributed by atoms with van der Waals surface area (Å²) in [4.78, 5) is 11.8. The molecule has 98 valence electrons. The average Bonchev–Trinajstić information content (AvgIpc) is 2.39. The molecule has 0 spiro atoms. The SMILES string of the molecule is O=C(c1ccc(Cl)cc1)C(F)(F)c1ccc(Cl)cc1. The molecule has 2 aromatic carbocycles. The third-order valence-electron chi connectivity index (χ3n) is 2.60. The summed E-state index contributed by atoms with van der Waals surface area (Å²) in [5.74, 6) is -4.87. The number of ketones is 1. The number of alkyl halides is 2. The summed E-state index contributed by atoms with van der Waals surface area (Å²) in [5, 5.41) is 0.713.